The van der Waals surface area contributed by atoms with Crippen molar-refractivity contribution in [3.8, 4) is 23.0 Å². The summed E-state index contributed by atoms with van der Waals surface area (Å²) < 4.78 is 13.1. The molecule has 0 fully saturated rings. The molecule has 0 radical (unpaired) electrons. The van der Waals surface area contributed by atoms with Crippen LogP contribution in [0.1, 0.15) is 0 Å². The average molecular weight is 811 g/mol. The normalized spacial score (nSPS) is 13.9. The number of para-hydroxylation sites is 2. The third kappa shape index (κ3) is 5.35. The summed E-state index contributed by atoms with van der Waals surface area (Å²) in [6.07, 6.45) is 0. The van der Waals surface area contributed by atoms with Crippen molar-refractivity contribution in [2.45, 2.75) is 39.2 Å². The molecule has 0 spiro atoms. The van der Waals surface area contributed by atoms with Crippen molar-refractivity contribution in [1.29, 1.82) is 0 Å². The van der Waals surface area contributed by atoms with Crippen molar-refractivity contribution >= 4 is 115 Å². The molecule has 13 rings (SSSR count). The standard InChI is InChI=1S/C50H28B2O2S4/c1-3-15-33(16-4-1)53-35-23-45-49-47(25-35)57-43-28-44-40(27-39(43)51(49)37-19-29-11-7-9-13-31(29)21-41(37)55-45)52-38-20-30-12-8-10-14-32(30)22-42(38)56-46-24-36(26-48(58-44)50(46)52)54-34-17-5-2-6-18-34/h1-28H. The molecule has 0 unspecified atom stereocenters. The highest BCUT2D eigenvalue weighted by Gasteiger charge is 2.43. The van der Waals surface area contributed by atoms with Gasteiger partial charge in [-0.05, 0) is 99.2 Å². The first-order valence-electron chi connectivity index (χ1n) is 19.4. The molecule has 9 aromatic carbocycles. The van der Waals surface area contributed by atoms with Gasteiger partial charge in [0.2, 0.25) is 13.4 Å². The molecule has 8 heteroatoms. The van der Waals surface area contributed by atoms with E-state index in [9.17, 15) is 0 Å². The number of rotatable bonds is 4. The molecule has 0 aliphatic carbocycles. The van der Waals surface area contributed by atoms with E-state index in [-0.39, 0.29) is 13.4 Å². The molecule has 4 aliphatic heterocycles. The molecule has 0 saturated heterocycles. The molecule has 0 atom stereocenters. The number of hydrogen-bond donors (Lipinski definition) is 0. The van der Waals surface area contributed by atoms with Crippen molar-refractivity contribution in [3.05, 3.63) is 170 Å². The zero-order chi connectivity index (χ0) is 37.9. The first-order chi connectivity index (χ1) is 28.7. The van der Waals surface area contributed by atoms with Crippen LogP contribution in [-0.4, -0.2) is 13.4 Å². The number of hydrogen-bond acceptors (Lipinski definition) is 6. The molecule has 270 valence electrons. The van der Waals surface area contributed by atoms with Crippen LogP contribution < -0.4 is 42.3 Å². The predicted octanol–water partition coefficient (Wildman–Crippen LogP) is 10.5. The van der Waals surface area contributed by atoms with Crippen molar-refractivity contribution in [1.82, 2.24) is 0 Å². The maximum Gasteiger partial charge on any atom is 0.247 e. The van der Waals surface area contributed by atoms with Crippen molar-refractivity contribution in [2.24, 2.45) is 0 Å². The Hall–Kier alpha value is -5.37. The van der Waals surface area contributed by atoms with E-state index >= 15 is 0 Å². The van der Waals surface area contributed by atoms with Gasteiger partial charge in [-0.1, -0.05) is 172 Å². The van der Waals surface area contributed by atoms with E-state index in [2.05, 4.69) is 109 Å². The van der Waals surface area contributed by atoms with Gasteiger partial charge in [-0.3, -0.25) is 0 Å². The van der Waals surface area contributed by atoms with Gasteiger partial charge in [-0.2, -0.15) is 0 Å². The fourth-order valence-electron chi connectivity index (χ4n) is 9.18. The lowest BCUT2D eigenvalue weighted by molar-refractivity contribution is 0.480. The molecular weight excluding hydrogens is 782 g/mol. The Morgan fingerprint density at radius 2 is 0.603 bits per heavy atom. The van der Waals surface area contributed by atoms with Crippen LogP contribution in [0.2, 0.25) is 0 Å². The van der Waals surface area contributed by atoms with Gasteiger partial charge in [0.15, 0.2) is 0 Å². The lowest BCUT2D eigenvalue weighted by Gasteiger charge is -2.37. The van der Waals surface area contributed by atoms with Gasteiger partial charge >= 0.3 is 0 Å². The van der Waals surface area contributed by atoms with E-state index in [1.165, 1.54) is 93.5 Å². The Labute approximate surface area is 353 Å². The van der Waals surface area contributed by atoms with Crippen LogP contribution in [0.4, 0.5) is 0 Å². The number of benzene rings is 9. The highest BCUT2D eigenvalue weighted by Crippen LogP contribution is 2.46. The fourth-order valence-corrected chi connectivity index (χ4v) is 14.3. The van der Waals surface area contributed by atoms with Crippen LogP contribution in [0, 0.1) is 0 Å². The largest absolute Gasteiger partial charge is 0.457 e. The summed E-state index contributed by atoms with van der Waals surface area (Å²) in [4.78, 5) is 10.3. The summed E-state index contributed by atoms with van der Waals surface area (Å²) >= 11 is 7.54. The second kappa shape index (κ2) is 13.1. The third-order valence-electron chi connectivity index (χ3n) is 11.7. The molecule has 2 nitrogen and oxygen atoms in total. The number of ether oxygens (including phenoxy) is 2. The second-order valence-corrected chi connectivity index (χ2v) is 19.5. The molecule has 0 N–H and O–H groups in total. The van der Waals surface area contributed by atoms with E-state index < -0.39 is 0 Å². The summed E-state index contributed by atoms with van der Waals surface area (Å²) in [6, 6.07) is 61.7. The number of fused-ring (bicyclic) bond motifs is 10. The fraction of sp³-hybridized carbons (Fsp3) is 0. The lowest BCUT2D eigenvalue weighted by Crippen LogP contribution is -2.62. The van der Waals surface area contributed by atoms with Crippen molar-refractivity contribution in [3.63, 3.8) is 0 Å². The predicted molar refractivity (Wildman–Crippen MR) is 246 cm³/mol. The van der Waals surface area contributed by atoms with E-state index in [1.807, 2.05) is 108 Å². The highest BCUT2D eigenvalue weighted by molar-refractivity contribution is 8.02. The van der Waals surface area contributed by atoms with Gasteiger partial charge < -0.3 is 9.47 Å². The summed E-state index contributed by atoms with van der Waals surface area (Å²) in [7, 11) is 0. The van der Waals surface area contributed by atoms with E-state index in [0.29, 0.717) is 0 Å². The molecule has 0 saturated carbocycles. The maximum atomic E-state index is 6.54. The summed E-state index contributed by atoms with van der Waals surface area (Å²) in [5.74, 6) is 3.43. The van der Waals surface area contributed by atoms with Crippen LogP contribution >= 0.6 is 47.0 Å². The van der Waals surface area contributed by atoms with Crippen LogP contribution in [0.5, 0.6) is 23.0 Å². The second-order valence-electron chi connectivity index (χ2n) is 15.2. The Balaban J connectivity index is 1.02. The van der Waals surface area contributed by atoms with Crippen molar-refractivity contribution < 1.29 is 9.47 Å². The first kappa shape index (κ1) is 33.6. The minimum Gasteiger partial charge on any atom is -0.457 e. The van der Waals surface area contributed by atoms with Gasteiger partial charge in [-0.25, -0.2) is 0 Å². The molecule has 58 heavy (non-hydrogen) atoms. The van der Waals surface area contributed by atoms with Crippen molar-refractivity contribution in [2.75, 3.05) is 0 Å². The van der Waals surface area contributed by atoms with Crippen LogP contribution in [0.25, 0.3) is 21.5 Å². The van der Waals surface area contributed by atoms with Gasteiger partial charge in [0.1, 0.15) is 23.0 Å². The van der Waals surface area contributed by atoms with Gasteiger partial charge in [0.25, 0.3) is 0 Å². The van der Waals surface area contributed by atoms with E-state index in [0.717, 1.165) is 23.0 Å². The van der Waals surface area contributed by atoms with Crippen LogP contribution in [-0.2, 0) is 0 Å². The molecule has 0 aromatic heterocycles. The molecule has 4 heterocycles. The van der Waals surface area contributed by atoms with Crippen LogP contribution in [0.15, 0.2) is 209 Å². The average Bonchev–Trinajstić information content (AvgIpc) is 3.25. The Morgan fingerprint density at radius 1 is 0.276 bits per heavy atom. The van der Waals surface area contributed by atoms with E-state index in [4.69, 9.17) is 9.47 Å². The van der Waals surface area contributed by atoms with Gasteiger partial charge in [0.05, 0.1) is 0 Å². The lowest BCUT2D eigenvalue weighted by atomic mass is 9.33. The van der Waals surface area contributed by atoms with Gasteiger partial charge in [0, 0.05) is 39.2 Å². The summed E-state index contributed by atoms with van der Waals surface area (Å²) in [5.41, 5.74) is 8.33. The molecule has 9 aromatic rings. The smallest absolute Gasteiger partial charge is 0.247 e. The first-order valence-corrected chi connectivity index (χ1v) is 22.7. The summed E-state index contributed by atoms with van der Waals surface area (Å²) in [6.45, 7) is 0.194. The van der Waals surface area contributed by atoms with Gasteiger partial charge in [-0.15, -0.1) is 0 Å². The molecule has 0 bridgehead atoms. The third-order valence-corrected chi connectivity index (χ3v) is 16.2. The monoisotopic (exact) mass is 810 g/mol. The SMILES string of the molecule is c1ccc(Oc2cc3c4c(c2)Sc2cc5ccccc5cc2B4c2cc4c(cc2S3)Sc2cc(Oc3ccccc3)cc3c2B4c2cc4ccccc4cc2S3)cc1. The minimum absolute atomic E-state index is 0.0970. The zero-order valence-corrected chi connectivity index (χ0v) is 34.0. The quantitative estimate of drug-likeness (QED) is 0.164. The topological polar surface area (TPSA) is 18.5 Å². The Bertz CT molecular complexity index is 3000. The Morgan fingerprint density at radius 3 is 1.00 bits per heavy atom. The molecule has 4 aliphatic rings. The highest BCUT2D eigenvalue weighted by atomic mass is 32.2. The van der Waals surface area contributed by atoms with E-state index in [1.54, 1.807) is 0 Å². The Kier molecular flexibility index (Phi) is 7.57. The molecular formula is C50H28B2O2S4. The van der Waals surface area contributed by atoms with Crippen LogP contribution in [0.3, 0.4) is 0 Å². The molecule has 0 amide bonds. The maximum absolute atomic E-state index is 6.54. The summed E-state index contributed by atoms with van der Waals surface area (Å²) in [5, 5.41) is 5.09. The zero-order valence-electron chi connectivity index (χ0n) is 30.8. The minimum atomic E-state index is 0.0970.